The Morgan fingerprint density at radius 3 is 2.28 bits per heavy atom. The first-order chi connectivity index (χ1) is 13.7. The zero-order valence-electron chi connectivity index (χ0n) is 17.5. The summed E-state index contributed by atoms with van der Waals surface area (Å²) >= 11 is 0. The molecule has 0 saturated carbocycles. The van der Waals surface area contributed by atoms with Gasteiger partial charge >= 0.3 is 6.18 Å². The number of hydrogen-bond donors (Lipinski definition) is 0. The van der Waals surface area contributed by atoms with Gasteiger partial charge in [0, 0.05) is 31.9 Å². The third kappa shape index (κ3) is 5.95. The Hall–Kier alpha value is -1.60. The zero-order valence-corrected chi connectivity index (χ0v) is 17.5. The van der Waals surface area contributed by atoms with Gasteiger partial charge in [0.2, 0.25) is 0 Å². The van der Waals surface area contributed by atoms with Gasteiger partial charge < -0.3 is 4.90 Å². The van der Waals surface area contributed by atoms with Crippen molar-refractivity contribution < 1.29 is 18.0 Å². The maximum atomic E-state index is 13.2. The van der Waals surface area contributed by atoms with Crippen molar-refractivity contribution in [2.24, 2.45) is 5.92 Å². The molecule has 0 radical (unpaired) electrons. The summed E-state index contributed by atoms with van der Waals surface area (Å²) in [4.78, 5) is 18.0. The molecule has 0 spiro atoms. The number of anilines is 1. The predicted molar refractivity (Wildman–Crippen MR) is 109 cm³/mol. The number of carbonyl (C=O) groups is 1. The first-order valence-corrected chi connectivity index (χ1v) is 10.6. The highest BCUT2D eigenvalue weighted by Crippen LogP contribution is 2.36. The van der Waals surface area contributed by atoms with Gasteiger partial charge in [0.25, 0.3) is 0 Å². The maximum absolute atomic E-state index is 13.2. The summed E-state index contributed by atoms with van der Waals surface area (Å²) in [6.07, 6.45) is -0.842. The number of benzene rings is 1. The van der Waals surface area contributed by atoms with Crippen LogP contribution in [0.1, 0.15) is 37.3 Å². The highest BCUT2D eigenvalue weighted by molar-refractivity contribution is 5.77. The van der Waals surface area contributed by atoms with Crippen LogP contribution in [-0.4, -0.2) is 67.9 Å². The lowest BCUT2D eigenvalue weighted by atomic mass is 9.93. The lowest BCUT2D eigenvalue weighted by molar-refractivity contribution is -0.138. The summed E-state index contributed by atoms with van der Waals surface area (Å²) in [5, 5.41) is 0. The molecule has 0 bridgehead atoms. The number of alkyl halides is 3. The van der Waals surface area contributed by atoms with Gasteiger partial charge in [-0.25, -0.2) is 0 Å². The van der Waals surface area contributed by atoms with E-state index >= 15 is 0 Å². The molecule has 3 rings (SSSR count). The van der Waals surface area contributed by atoms with Gasteiger partial charge in [0.15, 0.2) is 0 Å². The second-order valence-corrected chi connectivity index (χ2v) is 8.49. The van der Waals surface area contributed by atoms with Crippen LogP contribution in [0.25, 0.3) is 0 Å². The average Bonchev–Trinajstić information content (AvgIpc) is 2.67. The summed E-state index contributed by atoms with van der Waals surface area (Å²) < 4.78 is 39.5. The van der Waals surface area contributed by atoms with Crippen LogP contribution in [0.15, 0.2) is 18.2 Å². The Balaban J connectivity index is 1.44. The van der Waals surface area contributed by atoms with Crippen molar-refractivity contribution >= 4 is 11.5 Å². The summed E-state index contributed by atoms with van der Waals surface area (Å²) in [6, 6.07) is 4.47. The van der Waals surface area contributed by atoms with Crippen LogP contribution in [0.4, 0.5) is 18.9 Å². The molecular formula is C22H32F3N3O. The molecule has 2 fully saturated rings. The van der Waals surface area contributed by atoms with Crippen LogP contribution >= 0.6 is 0 Å². The van der Waals surface area contributed by atoms with Crippen LogP contribution in [-0.2, 0) is 11.0 Å². The van der Waals surface area contributed by atoms with Crippen LogP contribution in [0.3, 0.4) is 0 Å². The van der Waals surface area contributed by atoms with E-state index < -0.39 is 11.7 Å². The van der Waals surface area contributed by atoms with E-state index in [0.717, 1.165) is 71.1 Å². The van der Waals surface area contributed by atoms with Gasteiger partial charge in [-0.05, 0) is 76.4 Å². The van der Waals surface area contributed by atoms with Gasteiger partial charge in [0.1, 0.15) is 5.78 Å². The minimum Gasteiger partial charge on any atom is -0.369 e. The number of nitrogens with zero attached hydrogens (tertiary/aromatic N) is 3. The summed E-state index contributed by atoms with van der Waals surface area (Å²) in [6.45, 7) is 10.2. The van der Waals surface area contributed by atoms with E-state index in [1.165, 1.54) is 6.07 Å². The smallest absolute Gasteiger partial charge is 0.369 e. The van der Waals surface area contributed by atoms with E-state index in [1.54, 1.807) is 19.9 Å². The SMILES string of the molecule is CC(=O)CN1CCC(CCN2CCN(c3cccc(C(F)(F)F)c3C)CC2)CC1. The third-order valence-corrected chi connectivity index (χ3v) is 6.33. The van der Waals surface area contributed by atoms with Gasteiger partial charge in [-0.1, -0.05) is 6.07 Å². The Bertz CT molecular complexity index is 691. The zero-order chi connectivity index (χ0) is 21.0. The molecule has 0 aliphatic carbocycles. The molecule has 2 aliphatic heterocycles. The van der Waals surface area contributed by atoms with Gasteiger partial charge in [-0.2, -0.15) is 13.2 Å². The number of ketones is 1. The molecule has 1 aromatic rings. The molecule has 2 heterocycles. The minimum atomic E-state index is -4.30. The van der Waals surface area contributed by atoms with Crippen molar-refractivity contribution in [3.8, 4) is 0 Å². The Morgan fingerprint density at radius 2 is 1.69 bits per heavy atom. The van der Waals surface area contributed by atoms with Crippen molar-refractivity contribution in [1.29, 1.82) is 0 Å². The van der Waals surface area contributed by atoms with Gasteiger partial charge in [0.05, 0.1) is 12.1 Å². The number of carbonyl (C=O) groups excluding carboxylic acids is 1. The lowest BCUT2D eigenvalue weighted by Gasteiger charge is -2.38. The number of halogens is 3. The fourth-order valence-electron chi connectivity index (χ4n) is 4.60. The Morgan fingerprint density at radius 1 is 1.03 bits per heavy atom. The molecular weight excluding hydrogens is 379 g/mol. The number of likely N-dealkylation sites (tertiary alicyclic amines) is 1. The van der Waals surface area contributed by atoms with Crippen molar-refractivity contribution in [2.75, 3.05) is 57.3 Å². The largest absolute Gasteiger partial charge is 0.416 e. The van der Waals surface area contributed by atoms with Gasteiger partial charge in [-0.3, -0.25) is 14.6 Å². The molecule has 29 heavy (non-hydrogen) atoms. The molecule has 2 saturated heterocycles. The van der Waals surface area contributed by atoms with E-state index in [9.17, 15) is 18.0 Å². The van der Waals surface area contributed by atoms with Crippen LogP contribution in [0, 0.1) is 12.8 Å². The average molecular weight is 412 g/mol. The normalized spacial score (nSPS) is 20.2. The summed E-state index contributed by atoms with van der Waals surface area (Å²) in [5.74, 6) is 0.944. The van der Waals surface area contributed by atoms with E-state index in [4.69, 9.17) is 0 Å². The monoisotopic (exact) mass is 411 g/mol. The quantitative estimate of drug-likeness (QED) is 0.711. The molecule has 0 aromatic heterocycles. The van der Waals surface area contributed by atoms with Crippen molar-refractivity contribution in [3.05, 3.63) is 29.3 Å². The fourth-order valence-corrected chi connectivity index (χ4v) is 4.60. The molecule has 162 valence electrons. The first kappa shape index (κ1) is 22.1. The van der Waals surface area contributed by atoms with E-state index in [2.05, 4.69) is 14.7 Å². The molecule has 4 nitrogen and oxygen atoms in total. The summed E-state index contributed by atoms with van der Waals surface area (Å²) in [7, 11) is 0. The molecule has 1 aromatic carbocycles. The molecule has 0 amide bonds. The first-order valence-electron chi connectivity index (χ1n) is 10.6. The van der Waals surface area contributed by atoms with Crippen LogP contribution in [0.5, 0.6) is 0 Å². The molecule has 0 atom stereocenters. The van der Waals surface area contributed by atoms with Crippen molar-refractivity contribution in [1.82, 2.24) is 9.80 Å². The number of Topliss-reactive ketones (excluding diaryl/α,β-unsaturated/α-hetero) is 1. The second-order valence-electron chi connectivity index (χ2n) is 8.49. The number of piperazine rings is 1. The number of hydrogen-bond acceptors (Lipinski definition) is 4. The molecule has 0 N–H and O–H groups in total. The fraction of sp³-hybridized carbons (Fsp3) is 0.682. The maximum Gasteiger partial charge on any atom is 0.416 e. The van der Waals surface area contributed by atoms with Crippen molar-refractivity contribution in [2.45, 2.75) is 39.3 Å². The standard InChI is InChI=1S/C22H32F3N3O/c1-17(29)16-27-10-7-19(8-11-27)6-9-26-12-14-28(15-13-26)21-5-3-4-20(18(21)2)22(23,24)25/h3-5,19H,6-16H2,1-2H3. The Kier molecular flexibility index (Phi) is 7.22. The Labute approximate surface area is 171 Å². The number of piperidine rings is 1. The topological polar surface area (TPSA) is 26.8 Å². The molecule has 0 unspecified atom stereocenters. The van der Waals surface area contributed by atoms with E-state index in [-0.39, 0.29) is 5.78 Å². The highest BCUT2D eigenvalue weighted by Gasteiger charge is 2.33. The summed E-state index contributed by atoms with van der Waals surface area (Å²) in [5.41, 5.74) is 0.497. The van der Waals surface area contributed by atoms with E-state index in [0.29, 0.717) is 23.7 Å². The predicted octanol–water partition coefficient (Wildman–Crippen LogP) is 3.83. The van der Waals surface area contributed by atoms with Gasteiger partial charge in [-0.15, -0.1) is 0 Å². The van der Waals surface area contributed by atoms with Crippen LogP contribution < -0.4 is 4.90 Å². The van der Waals surface area contributed by atoms with Crippen LogP contribution in [0.2, 0.25) is 0 Å². The van der Waals surface area contributed by atoms with E-state index in [1.807, 2.05) is 0 Å². The third-order valence-electron chi connectivity index (χ3n) is 6.33. The number of rotatable bonds is 6. The van der Waals surface area contributed by atoms with Crippen molar-refractivity contribution in [3.63, 3.8) is 0 Å². The second kappa shape index (κ2) is 9.47. The lowest BCUT2D eigenvalue weighted by Crippen LogP contribution is -2.47. The highest BCUT2D eigenvalue weighted by atomic mass is 19.4. The minimum absolute atomic E-state index is 0.234. The molecule has 7 heteroatoms. The molecule has 2 aliphatic rings.